The van der Waals surface area contributed by atoms with E-state index < -0.39 is 10.0 Å². The molecule has 9 heteroatoms. The highest BCUT2D eigenvalue weighted by Crippen LogP contribution is 2.37. The van der Waals surface area contributed by atoms with Gasteiger partial charge >= 0.3 is 0 Å². The van der Waals surface area contributed by atoms with Crippen molar-refractivity contribution >= 4 is 27.3 Å². The maximum Gasteiger partial charge on any atom is 0.236 e. The van der Waals surface area contributed by atoms with Gasteiger partial charge < -0.3 is 4.90 Å². The second-order valence-corrected chi connectivity index (χ2v) is 13.3. The van der Waals surface area contributed by atoms with E-state index in [1.165, 1.54) is 30.2 Å². The monoisotopic (exact) mass is 549 g/mol. The van der Waals surface area contributed by atoms with Crippen molar-refractivity contribution in [3.05, 3.63) is 57.5 Å². The highest BCUT2D eigenvalue weighted by atomic mass is 32.2. The summed E-state index contributed by atoms with van der Waals surface area (Å²) in [5.41, 5.74) is 2.01. The van der Waals surface area contributed by atoms with Crippen LogP contribution in [0.4, 0.5) is 4.39 Å². The van der Waals surface area contributed by atoms with Gasteiger partial charge in [0.05, 0.1) is 18.3 Å². The topological polar surface area (TPSA) is 60.9 Å². The third kappa shape index (κ3) is 7.40. The largest absolute Gasteiger partial charge is 0.340 e. The molecule has 0 unspecified atom stereocenters. The summed E-state index contributed by atoms with van der Waals surface area (Å²) in [7, 11) is -3.30. The highest BCUT2D eigenvalue weighted by molar-refractivity contribution is 7.89. The number of carbonyl (C=O) groups is 1. The Bertz CT molecular complexity index is 1140. The zero-order chi connectivity index (χ0) is 26.3. The minimum absolute atomic E-state index is 0.00950. The number of hydrogen-bond donors (Lipinski definition) is 0. The molecule has 0 radical (unpaired) electrons. The molecule has 6 nitrogen and oxygen atoms in total. The molecule has 1 aromatic carbocycles. The van der Waals surface area contributed by atoms with Crippen LogP contribution in [0, 0.1) is 5.82 Å². The van der Waals surface area contributed by atoms with Gasteiger partial charge in [-0.15, -0.1) is 11.3 Å². The smallest absolute Gasteiger partial charge is 0.236 e. The predicted molar refractivity (Wildman–Crippen MR) is 148 cm³/mol. The zero-order valence-corrected chi connectivity index (χ0v) is 23.5. The van der Waals surface area contributed by atoms with E-state index in [2.05, 4.69) is 23.3 Å². The average Bonchev–Trinajstić information content (AvgIpc) is 3.20. The average molecular weight is 550 g/mol. The van der Waals surface area contributed by atoms with Gasteiger partial charge in [0.2, 0.25) is 15.9 Å². The number of benzene rings is 1. The second kappa shape index (κ2) is 13.3. The lowest BCUT2D eigenvalue weighted by molar-refractivity contribution is -0.132. The van der Waals surface area contributed by atoms with E-state index in [4.69, 9.17) is 0 Å². The first kappa shape index (κ1) is 28.2. The number of thiophene rings is 1. The SMILES string of the molecule is CCCCCCCCS(=O)(=O)N1CCCN(C(=O)CN2CCc3sccc3[C@H]2c2cccc(F)c2)CC1. The maximum absolute atomic E-state index is 14.1. The number of rotatable bonds is 11. The van der Waals surface area contributed by atoms with E-state index >= 15 is 0 Å². The summed E-state index contributed by atoms with van der Waals surface area (Å²) >= 11 is 1.71. The Morgan fingerprint density at radius 3 is 2.65 bits per heavy atom. The van der Waals surface area contributed by atoms with Gasteiger partial charge in [0.1, 0.15) is 5.82 Å². The summed E-state index contributed by atoms with van der Waals surface area (Å²) in [5, 5.41) is 2.07. The van der Waals surface area contributed by atoms with E-state index in [9.17, 15) is 17.6 Å². The molecule has 1 amide bonds. The molecule has 4 rings (SSSR count). The summed E-state index contributed by atoms with van der Waals surface area (Å²) in [6, 6.07) is 8.59. The number of carbonyl (C=O) groups excluding carboxylic acids is 1. The molecule has 0 bridgehead atoms. The van der Waals surface area contributed by atoms with Crippen LogP contribution in [0.15, 0.2) is 35.7 Å². The summed E-state index contributed by atoms with van der Waals surface area (Å²) in [4.78, 5) is 18.7. The minimum atomic E-state index is -3.30. The van der Waals surface area contributed by atoms with Crippen LogP contribution in [-0.2, 0) is 21.2 Å². The maximum atomic E-state index is 14.1. The molecule has 37 heavy (non-hydrogen) atoms. The van der Waals surface area contributed by atoms with Crippen molar-refractivity contribution in [3.8, 4) is 0 Å². The Morgan fingerprint density at radius 2 is 1.84 bits per heavy atom. The van der Waals surface area contributed by atoms with E-state index in [-0.39, 0.29) is 30.1 Å². The Labute approximate surface area is 225 Å². The fraction of sp³-hybridized carbons (Fsp3) is 0.607. The van der Waals surface area contributed by atoms with Gasteiger partial charge in [0, 0.05) is 37.6 Å². The van der Waals surface area contributed by atoms with Crippen molar-refractivity contribution in [2.75, 3.05) is 45.0 Å². The van der Waals surface area contributed by atoms with E-state index in [0.29, 0.717) is 39.0 Å². The van der Waals surface area contributed by atoms with Crippen LogP contribution < -0.4 is 0 Å². The fourth-order valence-corrected chi connectivity index (χ4v) is 7.99. The van der Waals surface area contributed by atoms with Crippen LogP contribution in [0.1, 0.15) is 73.9 Å². The summed E-state index contributed by atoms with van der Waals surface area (Å²) < 4.78 is 41.5. The molecular formula is C28H40FN3O3S2. The van der Waals surface area contributed by atoms with Gasteiger partial charge in [0.15, 0.2) is 0 Å². The van der Waals surface area contributed by atoms with Crippen LogP contribution in [0.3, 0.4) is 0 Å². The first-order valence-electron chi connectivity index (χ1n) is 13.7. The van der Waals surface area contributed by atoms with Crippen molar-refractivity contribution in [1.82, 2.24) is 14.1 Å². The second-order valence-electron chi connectivity index (χ2n) is 10.2. The molecule has 1 fully saturated rings. The lowest BCUT2D eigenvalue weighted by atomic mass is 9.93. The third-order valence-electron chi connectivity index (χ3n) is 7.53. The van der Waals surface area contributed by atoms with Gasteiger partial charge in [-0.1, -0.05) is 51.2 Å². The molecule has 204 valence electrons. The molecule has 0 spiro atoms. The van der Waals surface area contributed by atoms with Gasteiger partial charge in [-0.3, -0.25) is 9.69 Å². The van der Waals surface area contributed by atoms with Gasteiger partial charge in [-0.25, -0.2) is 17.1 Å². The fourth-order valence-electron chi connectivity index (χ4n) is 5.49. The predicted octanol–water partition coefficient (Wildman–Crippen LogP) is 5.06. The summed E-state index contributed by atoms with van der Waals surface area (Å²) in [5.74, 6) is -0.0739. The lowest BCUT2D eigenvalue weighted by Gasteiger charge is -2.37. The molecule has 1 atom stereocenters. The number of amides is 1. The molecule has 2 aliphatic heterocycles. The van der Waals surface area contributed by atoms with Crippen molar-refractivity contribution in [1.29, 1.82) is 0 Å². The molecule has 1 aromatic heterocycles. The van der Waals surface area contributed by atoms with Crippen molar-refractivity contribution in [2.45, 2.75) is 64.3 Å². The summed E-state index contributed by atoms with van der Waals surface area (Å²) in [6.07, 6.45) is 7.81. The molecule has 3 heterocycles. The van der Waals surface area contributed by atoms with Gasteiger partial charge in [-0.05, 0) is 54.0 Å². The number of unbranched alkanes of at least 4 members (excludes halogenated alkanes) is 5. The van der Waals surface area contributed by atoms with Crippen molar-refractivity contribution < 1.29 is 17.6 Å². The van der Waals surface area contributed by atoms with Crippen LogP contribution >= 0.6 is 11.3 Å². The quantitative estimate of drug-likeness (QED) is 0.368. The molecule has 2 aromatic rings. The van der Waals surface area contributed by atoms with Crippen LogP contribution in [0.2, 0.25) is 0 Å². The number of fused-ring (bicyclic) bond motifs is 1. The first-order chi connectivity index (χ1) is 17.9. The minimum Gasteiger partial charge on any atom is -0.340 e. The molecule has 0 N–H and O–H groups in total. The van der Waals surface area contributed by atoms with Gasteiger partial charge in [-0.2, -0.15) is 0 Å². The van der Waals surface area contributed by atoms with Crippen molar-refractivity contribution in [2.24, 2.45) is 0 Å². The zero-order valence-electron chi connectivity index (χ0n) is 21.9. The standard InChI is InChI=1S/C28H40FN3O3S2/c1-2-3-4-5-6-7-20-37(34,35)32-15-9-14-30(17-18-32)27(33)22-31-16-12-26-25(13-19-36-26)28(31)23-10-8-11-24(29)21-23/h8,10-11,13,19,21,28H,2-7,9,12,14-18,20,22H2,1H3/t28-/m1/s1. The van der Waals surface area contributed by atoms with Gasteiger partial charge in [0.25, 0.3) is 0 Å². The third-order valence-corrected chi connectivity index (χ3v) is 10.5. The van der Waals surface area contributed by atoms with Crippen molar-refractivity contribution in [3.63, 3.8) is 0 Å². The Morgan fingerprint density at radius 1 is 1.03 bits per heavy atom. The molecule has 0 aliphatic carbocycles. The lowest BCUT2D eigenvalue weighted by Crippen LogP contribution is -2.45. The van der Waals surface area contributed by atoms with E-state index in [1.54, 1.807) is 27.8 Å². The number of halogens is 1. The van der Waals surface area contributed by atoms with Crippen LogP contribution in [0.25, 0.3) is 0 Å². The first-order valence-corrected chi connectivity index (χ1v) is 16.2. The Balaban J connectivity index is 1.35. The number of hydrogen-bond acceptors (Lipinski definition) is 5. The Kier molecular flexibility index (Phi) is 10.1. The van der Waals surface area contributed by atoms with E-state index in [1.807, 2.05) is 11.0 Å². The molecule has 0 saturated carbocycles. The van der Waals surface area contributed by atoms with Crippen LogP contribution in [0.5, 0.6) is 0 Å². The number of nitrogens with zero attached hydrogens (tertiary/aromatic N) is 3. The van der Waals surface area contributed by atoms with Crippen LogP contribution in [-0.4, -0.2) is 73.5 Å². The molecule has 2 aliphatic rings. The summed E-state index contributed by atoms with van der Waals surface area (Å²) in [6.45, 7) is 4.93. The number of sulfonamides is 1. The Hall–Kier alpha value is -1.81. The van der Waals surface area contributed by atoms with E-state index in [0.717, 1.165) is 36.9 Å². The highest BCUT2D eigenvalue weighted by Gasteiger charge is 2.33. The normalized spacial score (nSPS) is 19.5. The molecule has 1 saturated heterocycles. The molecular weight excluding hydrogens is 509 g/mol.